The van der Waals surface area contributed by atoms with E-state index in [1.54, 1.807) is 17.0 Å². The number of benzene rings is 3. The summed E-state index contributed by atoms with van der Waals surface area (Å²) in [5.41, 5.74) is 2.14. The van der Waals surface area contributed by atoms with Gasteiger partial charge in [0.05, 0.1) is 11.6 Å². The van der Waals surface area contributed by atoms with Crippen LogP contribution in [-0.2, 0) is 0 Å². The molecule has 5 nitrogen and oxygen atoms in total. The molecule has 1 fully saturated rings. The Balaban J connectivity index is 1.29. The number of nitrogens with one attached hydrogen (secondary N) is 2. The lowest BCUT2D eigenvalue weighted by atomic mass is 9.96. The lowest BCUT2D eigenvalue weighted by Crippen LogP contribution is -2.44. The van der Waals surface area contributed by atoms with Crippen molar-refractivity contribution in [3.05, 3.63) is 107 Å². The minimum absolute atomic E-state index is 0.112. The molecule has 3 amide bonds. The molecule has 0 bridgehead atoms. The normalized spacial score (nSPS) is 14.2. The van der Waals surface area contributed by atoms with Crippen molar-refractivity contribution in [2.24, 2.45) is 5.92 Å². The lowest BCUT2D eigenvalue weighted by Gasteiger charge is -2.32. The molecule has 0 saturated carbocycles. The molecule has 0 atom stereocenters. The molecular weight excluding hydrogens is 417 g/mol. The first-order valence-corrected chi connectivity index (χ1v) is 11.3. The van der Waals surface area contributed by atoms with E-state index in [4.69, 9.17) is 0 Å². The summed E-state index contributed by atoms with van der Waals surface area (Å²) < 4.78 is 13.9. The van der Waals surface area contributed by atoms with Gasteiger partial charge >= 0.3 is 6.03 Å². The van der Waals surface area contributed by atoms with E-state index >= 15 is 0 Å². The number of hydrogen-bond acceptors (Lipinski definition) is 2. The van der Waals surface area contributed by atoms with E-state index in [9.17, 15) is 14.0 Å². The van der Waals surface area contributed by atoms with E-state index in [-0.39, 0.29) is 29.5 Å². The van der Waals surface area contributed by atoms with Gasteiger partial charge in [-0.1, -0.05) is 72.8 Å². The van der Waals surface area contributed by atoms with Gasteiger partial charge < -0.3 is 15.5 Å². The molecule has 0 aliphatic carbocycles. The molecule has 0 radical (unpaired) electrons. The molecule has 1 saturated heterocycles. The zero-order valence-electron chi connectivity index (χ0n) is 18.4. The minimum atomic E-state index is -0.491. The van der Waals surface area contributed by atoms with Crippen molar-refractivity contribution in [1.82, 2.24) is 15.5 Å². The van der Waals surface area contributed by atoms with E-state index in [0.717, 1.165) is 24.0 Å². The third-order valence-corrected chi connectivity index (χ3v) is 6.10. The van der Waals surface area contributed by atoms with Crippen LogP contribution in [0.15, 0.2) is 84.9 Å². The van der Waals surface area contributed by atoms with Crippen LogP contribution in [0.3, 0.4) is 0 Å². The number of urea groups is 1. The zero-order chi connectivity index (χ0) is 23.0. The molecule has 1 aliphatic rings. The Morgan fingerprint density at radius 3 is 1.97 bits per heavy atom. The van der Waals surface area contributed by atoms with Crippen LogP contribution < -0.4 is 10.6 Å². The number of halogens is 1. The fourth-order valence-electron chi connectivity index (χ4n) is 4.21. The number of carbonyl (C=O) groups is 2. The van der Waals surface area contributed by atoms with Gasteiger partial charge in [0.2, 0.25) is 0 Å². The van der Waals surface area contributed by atoms with Crippen molar-refractivity contribution >= 4 is 11.9 Å². The van der Waals surface area contributed by atoms with Crippen LogP contribution in [0.2, 0.25) is 0 Å². The van der Waals surface area contributed by atoms with Gasteiger partial charge in [-0.15, -0.1) is 0 Å². The Labute approximate surface area is 193 Å². The molecule has 2 N–H and O–H groups in total. The molecule has 1 aliphatic heterocycles. The van der Waals surface area contributed by atoms with Gasteiger partial charge in [0.15, 0.2) is 0 Å². The Morgan fingerprint density at radius 2 is 1.39 bits per heavy atom. The second kappa shape index (κ2) is 10.8. The quantitative estimate of drug-likeness (QED) is 0.574. The van der Waals surface area contributed by atoms with Gasteiger partial charge in [-0.2, -0.15) is 0 Å². The zero-order valence-corrected chi connectivity index (χ0v) is 18.4. The average molecular weight is 446 g/mol. The molecule has 3 aromatic rings. The van der Waals surface area contributed by atoms with Crippen molar-refractivity contribution in [3.63, 3.8) is 0 Å². The van der Waals surface area contributed by atoms with E-state index in [0.29, 0.717) is 19.6 Å². The number of carbonyl (C=O) groups excluding carboxylic acids is 2. The number of nitrogens with zero attached hydrogens (tertiary/aromatic N) is 1. The average Bonchev–Trinajstić information content (AvgIpc) is 2.87. The third kappa shape index (κ3) is 5.77. The number of rotatable bonds is 6. The summed E-state index contributed by atoms with van der Waals surface area (Å²) in [6.45, 7) is 1.64. The summed E-state index contributed by atoms with van der Waals surface area (Å²) in [5.74, 6) is -0.493. The van der Waals surface area contributed by atoms with E-state index < -0.39 is 5.82 Å². The maximum atomic E-state index is 13.9. The Morgan fingerprint density at radius 1 is 0.848 bits per heavy atom. The predicted molar refractivity (Wildman–Crippen MR) is 126 cm³/mol. The summed E-state index contributed by atoms with van der Waals surface area (Å²) in [7, 11) is 0. The SMILES string of the molecule is O=C(NCC1CCN(C(=O)c2ccccc2F)CC1)NC(c1ccccc1)c1ccccc1. The standard InChI is InChI=1S/C27H28FN3O2/c28-24-14-8-7-13-23(24)26(32)31-17-15-20(16-18-31)19-29-27(33)30-25(21-9-3-1-4-10-21)22-11-5-2-6-12-22/h1-14,20,25H,15-19H2,(H2,29,30,33). The van der Waals surface area contributed by atoms with Crippen molar-refractivity contribution in [3.8, 4) is 0 Å². The first-order chi connectivity index (χ1) is 16.1. The predicted octanol–water partition coefficient (Wildman–Crippen LogP) is 4.77. The fourth-order valence-corrected chi connectivity index (χ4v) is 4.21. The van der Waals surface area contributed by atoms with Crippen molar-refractivity contribution in [2.45, 2.75) is 18.9 Å². The fraction of sp³-hybridized carbons (Fsp3) is 0.259. The van der Waals surface area contributed by atoms with Gasteiger partial charge in [-0.3, -0.25) is 4.79 Å². The van der Waals surface area contributed by atoms with E-state index in [1.165, 1.54) is 12.1 Å². The minimum Gasteiger partial charge on any atom is -0.339 e. The molecule has 0 unspecified atom stereocenters. The largest absolute Gasteiger partial charge is 0.339 e. The van der Waals surface area contributed by atoms with Gasteiger partial charge in [0, 0.05) is 19.6 Å². The number of hydrogen-bond donors (Lipinski definition) is 2. The van der Waals surface area contributed by atoms with Crippen molar-refractivity contribution in [1.29, 1.82) is 0 Å². The van der Waals surface area contributed by atoms with Crippen LogP contribution >= 0.6 is 0 Å². The summed E-state index contributed by atoms with van der Waals surface area (Å²) in [6.07, 6.45) is 1.53. The molecule has 0 aromatic heterocycles. The molecule has 6 heteroatoms. The highest BCUT2D eigenvalue weighted by Crippen LogP contribution is 2.22. The number of piperidine rings is 1. The molecule has 33 heavy (non-hydrogen) atoms. The van der Waals surface area contributed by atoms with Gasteiger partial charge in [-0.05, 0) is 42.0 Å². The van der Waals surface area contributed by atoms with Crippen LogP contribution in [-0.4, -0.2) is 36.5 Å². The molecular formula is C27H28FN3O2. The maximum Gasteiger partial charge on any atom is 0.315 e. The maximum absolute atomic E-state index is 13.9. The molecule has 0 spiro atoms. The first kappa shape index (κ1) is 22.5. The summed E-state index contributed by atoms with van der Waals surface area (Å²) >= 11 is 0. The van der Waals surface area contributed by atoms with Crippen LogP contribution in [0.5, 0.6) is 0 Å². The second-order valence-electron chi connectivity index (χ2n) is 8.32. The topological polar surface area (TPSA) is 61.4 Å². The van der Waals surface area contributed by atoms with E-state index in [1.807, 2.05) is 60.7 Å². The second-order valence-corrected chi connectivity index (χ2v) is 8.32. The summed E-state index contributed by atoms with van der Waals surface area (Å²) in [4.78, 5) is 27.0. The monoisotopic (exact) mass is 445 g/mol. The lowest BCUT2D eigenvalue weighted by molar-refractivity contribution is 0.0686. The van der Waals surface area contributed by atoms with Crippen molar-refractivity contribution < 1.29 is 14.0 Å². The van der Waals surface area contributed by atoms with Gasteiger partial charge in [-0.25, -0.2) is 9.18 Å². The highest BCUT2D eigenvalue weighted by Gasteiger charge is 2.25. The Hall–Kier alpha value is -3.67. The number of likely N-dealkylation sites (tertiary alicyclic amines) is 1. The highest BCUT2D eigenvalue weighted by molar-refractivity contribution is 5.94. The van der Waals surface area contributed by atoms with E-state index in [2.05, 4.69) is 10.6 Å². The third-order valence-electron chi connectivity index (χ3n) is 6.10. The molecule has 3 aromatic carbocycles. The van der Waals surface area contributed by atoms with Crippen LogP contribution in [0, 0.1) is 11.7 Å². The highest BCUT2D eigenvalue weighted by atomic mass is 19.1. The molecule has 170 valence electrons. The Kier molecular flexibility index (Phi) is 7.35. The van der Waals surface area contributed by atoms with Gasteiger partial charge in [0.25, 0.3) is 5.91 Å². The smallest absolute Gasteiger partial charge is 0.315 e. The van der Waals surface area contributed by atoms with Gasteiger partial charge in [0.1, 0.15) is 5.82 Å². The first-order valence-electron chi connectivity index (χ1n) is 11.3. The van der Waals surface area contributed by atoms with Crippen molar-refractivity contribution in [2.75, 3.05) is 19.6 Å². The Bertz CT molecular complexity index is 1030. The molecule has 1 heterocycles. The molecule has 4 rings (SSSR count). The summed E-state index contributed by atoms with van der Waals surface area (Å²) in [6, 6.07) is 25.4. The van der Waals surface area contributed by atoms with Crippen LogP contribution in [0.25, 0.3) is 0 Å². The number of amides is 3. The van der Waals surface area contributed by atoms with Crippen LogP contribution in [0.4, 0.5) is 9.18 Å². The summed E-state index contributed by atoms with van der Waals surface area (Å²) in [5, 5.41) is 6.08. The van der Waals surface area contributed by atoms with Crippen LogP contribution in [0.1, 0.15) is 40.4 Å².